The smallest absolute Gasteiger partial charge is 0.337 e. The second kappa shape index (κ2) is 13.2. The maximum Gasteiger partial charge on any atom is 0.337 e. The minimum absolute atomic E-state index is 0.137. The highest BCUT2D eigenvalue weighted by molar-refractivity contribution is 5.84. The summed E-state index contributed by atoms with van der Waals surface area (Å²) >= 11 is 0. The molecule has 0 aliphatic heterocycles. The van der Waals surface area contributed by atoms with Crippen LogP contribution in [0, 0.1) is 6.92 Å². The van der Waals surface area contributed by atoms with Crippen molar-refractivity contribution in [2.24, 2.45) is 0 Å². The number of carbonyl (C=O) groups is 1. The number of aromatic amines is 1. The molecule has 0 aliphatic rings. The Morgan fingerprint density at radius 1 is 1.21 bits per heavy atom. The first-order chi connectivity index (χ1) is 13.2. The van der Waals surface area contributed by atoms with E-state index in [0.717, 1.165) is 5.57 Å². The van der Waals surface area contributed by atoms with Gasteiger partial charge in [-0.15, -0.1) is 0 Å². The van der Waals surface area contributed by atoms with Crippen LogP contribution in [0.4, 0.5) is 4.39 Å². The summed E-state index contributed by atoms with van der Waals surface area (Å²) in [5, 5.41) is 0. The van der Waals surface area contributed by atoms with E-state index in [1.807, 2.05) is 20.8 Å². The first-order valence-corrected chi connectivity index (χ1v) is 8.99. The number of halogens is 1. The highest BCUT2D eigenvalue weighted by Crippen LogP contribution is 2.15. The van der Waals surface area contributed by atoms with Gasteiger partial charge in [0, 0.05) is 11.6 Å². The van der Waals surface area contributed by atoms with Crippen LogP contribution < -0.4 is 15.0 Å². The van der Waals surface area contributed by atoms with Gasteiger partial charge < -0.3 is 9.47 Å². The van der Waals surface area contributed by atoms with Crippen LogP contribution in [-0.2, 0) is 4.79 Å². The summed E-state index contributed by atoms with van der Waals surface area (Å²) in [6.07, 6.45) is 8.05. The molecule has 1 rings (SSSR count). The number of esters is 1. The van der Waals surface area contributed by atoms with Gasteiger partial charge in [-0.05, 0) is 34.6 Å². The standard InChI is InChI=1S/C19H23FN2O4.C2H6/c1-6-7-8-9-15(14(5)20)11-25-19-21-17(24)13(4)18(22-19)26-16(23)10-12(2)3;1-2/h6-10H,11H2,1-5H3,(H,21,22,24);1-2H3/b7-6-,9-8-,15-14-;. The quantitative estimate of drug-likeness (QED) is 0.412. The number of carbonyl (C=O) groups excluding carboxylic acids is 1. The molecule has 0 saturated carbocycles. The van der Waals surface area contributed by atoms with Gasteiger partial charge in [-0.25, -0.2) is 9.18 Å². The molecule has 0 fully saturated rings. The average molecular weight is 392 g/mol. The molecule has 0 unspecified atom stereocenters. The number of hydrogen-bond donors (Lipinski definition) is 1. The molecule has 28 heavy (non-hydrogen) atoms. The molecule has 1 N–H and O–H groups in total. The van der Waals surface area contributed by atoms with Crippen LogP contribution in [0.5, 0.6) is 11.9 Å². The molecule has 1 heterocycles. The minimum Gasteiger partial charge on any atom is -0.460 e. The Hall–Kier alpha value is -2.96. The van der Waals surface area contributed by atoms with E-state index in [0.29, 0.717) is 0 Å². The van der Waals surface area contributed by atoms with Crippen LogP contribution in [0.25, 0.3) is 0 Å². The predicted octanol–water partition coefficient (Wildman–Crippen LogP) is 4.73. The Balaban J connectivity index is 0.00000352. The van der Waals surface area contributed by atoms with Gasteiger partial charge >= 0.3 is 5.97 Å². The molecule has 0 saturated heterocycles. The number of nitrogens with one attached hydrogen (secondary N) is 1. The number of nitrogens with zero attached hydrogens (tertiary/aromatic N) is 1. The molecular formula is C21H29FN2O4. The lowest BCUT2D eigenvalue weighted by molar-refractivity contribution is -0.129. The average Bonchev–Trinajstić information content (AvgIpc) is 2.62. The Kier molecular flexibility index (Phi) is 11.8. The van der Waals surface area contributed by atoms with E-state index in [1.165, 1.54) is 19.9 Å². The minimum atomic E-state index is -0.647. The van der Waals surface area contributed by atoms with Gasteiger partial charge in [0.25, 0.3) is 11.6 Å². The van der Waals surface area contributed by atoms with Gasteiger partial charge in [0.2, 0.25) is 5.88 Å². The van der Waals surface area contributed by atoms with Gasteiger partial charge in [0.05, 0.1) is 5.56 Å². The van der Waals surface area contributed by atoms with Gasteiger partial charge in [-0.2, -0.15) is 4.98 Å². The summed E-state index contributed by atoms with van der Waals surface area (Å²) in [7, 11) is 0. The van der Waals surface area contributed by atoms with Crippen molar-refractivity contribution in [1.82, 2.24) is 9.97 Å². The number of ether oxygens (including phenoxy) is 2. The summed E-state index contributed by atoms with van der Waals surface area (Å²) < 4.78 is 24.0. The third kappa shape index (κ3) is 9.12. The van der Waals surface area contributed by atoms with E-state index in [2.05, 4.69) is 9.97 Å². The molecule has 0 aromatic carbocycles. The van der Waals surface area contributed by atoms with Crippen molar-refractivity contribution < 1.29 is 18.7 Å². The number of allylic oxidation sites excluding steroid dienone is 5. The maximum atomic E-state index is 13.6. The fourth-order valence-electron chi connectivity index (χ4n) is 1.71. The number of rotatable bonds is 7. The van der Waals surface area contributed by atoms with Gasteiger partial charge in [0.1, 0.15) is 12.4 Å². The summed E-state index contributed by atoms with van der Waals surface area (Å²) in [6.45, 7) is 11.9. The van der Waals surface area contributed by atoms with Crippen LogP contribution in [-0.4, -0.2) is 22.5 Å². The van der Waals surface area contributed by atoms with Crippen molar-refractivity contribution in [1.29, 1.82) is 0 Å². The molecule has 7 heteroatoms. The summed E-state index contributed by atoms with van der Waals surface area (Å²) in [6, 6.07) is -0.168. The fraction of sp³-hybridized carbons (Fsp3) is 0.381. The number of hydrogen-bond acceptors (Lipinski definition) is 5. The highest BCUT2D eigenvalue weighted by atomic mass is 19.1. The lowest BCUT2D eigenvalue weighted by Gasteiger charge is -2.09. The predicted molar refractivity (Wildman–Crippen MR) is 109 cm³/mol. The zero-order valence-corrected chi connectivity index (χ0v) is 17.6. The Morgan fingerprint density at radius 2 is 1.86 bits per heavy atom. The van der Waals surface area contributed by atoms with Crippen LogP contribution in [0.15, 0.2) is 52.1 Å². The van der Waals surface area contributed by atoms with Crippen LogP contribution in [0.3, 0.4) is 0 Å². The largest absolute Gasteiger partial charge is 0.460 e. The molecule has 0 aliphatic carbocycles. The van der Waals surface area contributed by atoms with E-state index < -0.39 is 17.4 Å². The molecule has 0 amide bonds. The second-order valence-corrected chi connectivity index (χ2v) is 5.68. The zero-order valence-electron chi connectivity index (χ0n) is 17.6. The van der Waals surface area contributed by atoms with Crippen LogP contribution in [0.1, 0.15) is 47.1 Å². The van der Waals surface area contributed by atoms with Crippen molar-refractivity contribution in [3.63, 3.8) is 0 Å². The Morgan fingerprint density at radius 3 is 2.39 bits per heavy atom. The summed E-state index contributed by atoms with van der Waals surface area (Å²) in [5.74, 6) is -1.22. The summed E-state index contributed by atoms with van der Waals surface area (Å²) in [4.78, 5) is 30.1. The number of aromatic nitrogens is 2. The highest BCUT2D eigenvalue weighted by Gasteiger charge is 2.13. The molecule has 154 valence electrons. The lowest BCUT2D eigenvalue weighted by Crippen LogP contribution is -2.18. The first kappa shape index (κ1) is 25.0. The lowest BCUT2D eigenvalue weighted by atomic mass is 10.2. The molecule has 6 nitrogen and oxygen atoms in total. The monoisotopic (exact) mass is 392 g/mol. The van der Waals surface area contributed by atoms with E-state index in [1.54, 1.807) is 38.2 Å². The second-order valence-electron chi connectivity index (χ2n) is 5.68. The topological polar surface area (TPSA) is 81.3 Å². The van der Waals surface area contributed by atoms with Gasteiger partial charge in [0.15, 0.2) is 0 Å². The SMILES string of the molecule is CC.C\C=C/C=C\C(COc1nc(OC(=O)C=C(C)C)c(C)c(=O)[nH]1)=C(/C)F. The van der Waals surface area contributed by atoms with Gasteiger partial charge in [-0.1, -0.05) is 43.7 Å². The Labute approximate surface area is 165 Å². The van der Waals surface area contributed by atoms with Crippen LogP contribution >= 0.6 is 0 Å². The van der Waals surface area contributed by atoms with Crippen molar-refractivity contribution in [2.45, 2.75) is 48.5 Å². The maximum absolute atomic E-state index is 13.6. The Bertz CT molecular complexity index is 825. The van der Waals surface area contributed by atoms with Crippen molar-refractivity contribution in [2.75, 3.05) is 6.61 Å². The van der Waals surface area contributed by atoms with Crippen molar-refractivity contribution in [3.8, 4) is 11.9 Å². The first-order valence-electron chi connectivity index (χ1n) is 8.99. The fourth-order valence-corrected chi connectivity index (χ4v) is 1.71. The van der Waals surface area contributed by atoms with E-state index in [4.69, 9.17) is 9.47 Å². The molecule has 0 spiro atoms. The number of H-pyrrole nitrogens is 1. The normalized spacial score (nSPS) is 11.6. The molecule has 0 radical (unpaired) electrons. The molecular weight excluding hydrogens is 363 g/mol. The van der Waals surface area contributed by atoms with Crippen LogP contribution in [0.2, 0.25) is 0 Å². The van der Waals surface area contributed by atoms with Crippen molar-refractivity contribution in [3.05, 3.63) is 63.3 Å². The summed E-state index contributed by atoms with van der Waals surface area (Å²) in [5.41, 5.74) is 0.657. The molecule has 1 aromatic heterocycles. The van der Waals surface area contributed by atoms with E-state index in [-0.39, 0.29) is 29.6 Å². The van der Waals surface area contributed by atoms with Crippen molar-refractivity contribution >= 4 is 5.97 Å². The zero-order chi connectivity index (χ0) is 21.7. The molecule has 0 bridgehead atoms. The van der Waals surface area contributed by atoms with E-state index >= 15 is 0 Å². The molecule has 0 atom stereocenters. The van der Waals surface area contributed by atoms with Gasteiger partial charge in [-0.3, -0.25) is 9.78 Å². The third-order valence-corrected chi connectivity index (χ3v) is 3.10. The molecule has 1 aromatic rings. The third-order valence-electron chi connectivity index (χ3n) is 3.10. The van der Waals surface area contributed by atoms with E-state index in [9.17, 15) is 14.0 Å².